The second-order valence-corrected chi connectivity index (χ2v) is 3.78. The SMILES string of the molecule is Cn1cc(CN)c(-c2ccc(OC(F)F)cc2)n1. The predicted molar refractivity (Wildman–Crippen MR) is 63.2 cm³/mol. The van der Waals surface area contributed by atoms with Crippen LogP contribution in [0, 0.1) is 0 Å². The zero-order valence-electron chi connectivity index (χ0n) is 9.81. The lowest BCUT2D eigenvalue weighted by Crippen LogP contribution is -2.01. The molecule has 0 atom stereocenters. The Morgan fingerprint density at radius 2 is 2.00 bits per heavy atom. The van der Waals surface area contributed by atoms with Crippen LogP contribution in [0.3, 0.4) is 0 Å². The molecule has 0 spiro atoms. The van der Waals surface area contributed by atoms with Crippen LogP contribution in [0.1, 0.15) is 5.56 Å². The van der Waals surface area contributed by atoms with E-state index >= 15 is 0 Å². The van der Waals surface area contributed by atoms with Gasteiger partial charge in [0, 0.05) is 30.9 Å². The maximum absolute atomic E-state index is 12.0. The number of aromatic nitrogens is 2. The predicted octanol–water partition coefficient (Wildman–Crippen LogP) is 2.15. The molecule has 0 saturated heterocycles. The second-order valence-electron chi connectivity index (χ2n) is 3.78. The van der Waals surface area contributed by atoms with Crippen molar-refractivity contribution in [1.29, 1.82) is 0 Å². The van der Waals surface area contributed by atoms with E-state index in [1.807, 2.05) is 6.20 Å². The lowest BCUT2D eigenvalue weighted by Gasteiger charge is -2.05. The van der Waals surface area contributed by atoms with Crippen LogP contribution in [0.5, 0.6) is 5.75 Å². The number of hydrogen-bond donors (Lipinski definition) is 1. The van der Waals surface area contributed by atoms with Crippen molar-refractivity contribution in [3.8, 4) is 17.0 Å². The molecule has 4 nitrogen and oxygen atoms in total. The number of nitrogens with zero attached hydrogens (tertiary/aromatic N) is 2. The van der Waals surface area contributed by atoms with E-state index in [9.17, 15) is 8.78 Å². The highest BCUT2D eigenvalue weighted by Crippen LogP contribution is 2.24. The fraction of sp³-hybridized carbons (Fsp3) is 0.250. The Morgan fingerprint density at radius 3 is 2.56 bits per heavy atom. The van der Waals surface area contributed by atoms with Gasteiger partial charge >= 0.3 is 6.61 Å². The average molecular weight is 253 g/mol. The highest BCUT2D eigenvalue weighted by molar-refractivity contribution is 5.63. The zero-order chi connectivity index (χ0) is 13.1. The van der Waals surface area contributed by atoms with Gasteiger partial charge < -0.3 is 10.5 Å². The van der Waals surface area contributed by atoms with Gasteiger partial charge in [0.2, 0.25) is 0 Å². The molecule has 0 amide bonds. The summed E-state index contributed by atoms with van der Waals surface area (Å²) >= 11 is 0. The van der Waals surface area contributed by atoms with Gasteiger partial charge in [0.1, 0.15) is 5.75 Å². The zero-order valence-corrected chi connectivity index (χ0v) is 9.81. The van der Waals surface area contributed by atoms with E-state index < -0.39 is 6.61 Å². The minimum atomic E-state index is -2.81. The molecule has 2 N–H and O–H groups in total. The van der Waals surface area contributed by atoms with Crippen molar-refractivity contribution in [1.82, 2.24) is 9.78 Å². The fourth-order valence-corrected chi connectivity index (χ4v) is 1.72. The van der Waals surface area contributed by atoms with Crippen molar-refractivity contribution in [2.45, 2.75) is 13.2 Å². The number of aryl methyl sites for hydroxylation is 1. The van der Waals surface area contributed by atoms with Crippen LogP contribution in [-0.2, 0) is 13.6 Å². The molecular weight excluding hydrogens is 240 g/mol. The average Bonchev–Trinajstić information content (AvgIpc) is 2.71. The molecule has 0 unspecified atom stereocenters. The quantitative estimate of drug-likeness (QED) is 0.908. The van der Waals surface area contributed by atoms with Gasteiger partial charge in [-0.1, -0.05) is 0 Å². The second kappa shape index (κ2) is 5.14. The molecule has 1 aromatic heterocycles. The maximum Gasteiger partial charge on any atom is 0.387 e. The molecule has 0 aliphatic carbocycles. The van der Waals surface area contributed by atoms with E-state index in [1.54, 1.807) is 23.9 Å². The number of rotatable bonds is 4. The highest BCUT2D eigenvalue weighted by Gasteiger charge is 2.09. The molecule has 1 heterocycles. The maximum atomic E-state index is 12.0. The first-order valence-electron chi connectivity index (χ1n) is 5.38. The lowest BCUT2D eigenvalue weighted by molar-refractivity contribution is -0.0498. The Labute approximate surface area is 103 Å². The third-order valence-corrected chi connectivity index (χ3v) is 2.48. The Morgan fingerprint density at radius 1 is 1.33 bits per heavy atom. The van der Waals surface area contributed by atoms with E-state index in [2.05, 4.69) is 9.84 Å². The van der Waals surface area contributed by atoms with Gasteiger partial charge in [0.25, 0.3) is 0 Å². The first-order valence-corrected chi connectivity index (χ1v) is 5.38. The van der Waals surface area contributed by atoms with Gasteiger partial charge in [0.15, 0.2) is 0 Å². The van der Waals surface area contributed by atoms with Gasteiger partial charge in [-0.05, 0) is 24.3 Å². The summed E-state index contributed by atoms with van der Waals surface area (Å²) in [5.74, 6) is 0.124. The summed E-state index contributed by atoms with van der Waals surface area (Å²) < 4.78 is 30.0. The molecule has 0 bridgehead atoms. The molecular formula is C12H13F2N3O. The number of ether oxygens (including phenoxy) is 1. The first-order chi connectivity index (χ1) is 8.60. The topological polar surface area (TPSA) is 53.1 Å². The molecule has 0 radical (unpaired) electrons. The largest absolute Gasteiger partial charge is 0.435 e. The standard InChI is InChI=1S/C12H13F2N3O/c1-17-7-9(6-15)11(16-17)8-2-4-10(5-3-8)18-12(13)14/h2-5,7,12H,6,15H2,1H3. The highest BCUT2D eigenvalue weighted by atomic mass is 19.3. The minimum absolute atomic E-state index is 0.124. The van der Waals surface area contributed by atoms with E-state index in [4.69, 9.17) is 5.73 Å². The summed E-state index contributed by atoms with van der Waals surface area (Å²) in [6.07, 6.45) is 1.83. The summed E-state index contributed by atoms with van der Waals surface area (Å²) in [6, 6.07) is 6.32. The third-order valence-electron chi connectivity index (χ3n) is 2.48. The molecule has 0 fully saturated rings. The molecule has 1 aromatic carbocycles. The third kappa shape index (κ3) is 2.65. The van der Waals surface area contributed by atoms with E-state index in [1.165, 1.54) is 12.1 Å². The van der Waals surface area contributed by atoms with Gasteiger partial charge in [-0.15, -0.1) is 0 Å². The van der Waals surface area contributed by atoms with E-state index in [-0.39, 0.29) is 5.75 Å². The van der Waals surface area contributed by atoms with Crippen molar-refractivity contribution in [2.75, 3.05) is 0 Å². The van der Waals surface area contributed by atoms with Crippen LogP contribution in [0.2, 0.25) is 0 Å². The molecule has 6 heteroatoms. The van der Waals surface area contributed by atoms with Crippen LogP contribution in [0.15, 0.2) is 30.5 Å². The molecule has 0 aliphatic rings. The number of benzene rings is 1. The number of hydrogen-bond acceptors (Lipinski definition) is 3. The monoisotopic (exact) mass is 253 g/mol. The summed E-state index contributed by atoms with van der Waals surface area (Å²) in [5.41, 5.74) is 8.09. The Bertz CT molecular complexity index is 523. The van der Waals surface area contributed by atoms with Crippen molar-refractivity contribution in [3.05, 3.63) is 36.0 Å². The molecule has 2 aromatic rings. The molecule has 0 aliphatic heterocycles. The summed E-state index contributed by atoms with van der Waals surface area (Å²) in [4.78, 5) is 0. The Kier molecular flexibility index (Phi) is 3.57. The van der Waals surface area contributed by atoms with Crippen LogP contribution < -0.4 is 10.5 Å². The van der Waals surface area contributed by atoms with Crippen molar-refractivity contribution >= 4 is 0 Å². The summed E-state index contributed by atoms with van der Waals surface area (Å²) in [7, 11) is 1.80. The van der Waals surface area contributed by atoms with E-state index in [0.717, 1.165) is 16.8 Å². The van der Waals surface area contributed by atoms with Gasteiger partial charge in [0.05, 0.1) is 5.69 Å². The molecule has 18 heavy (non-hydrogen) atoms. The molecule has 0 saturated carbocycles. The van der Waals surface area contributed by atoms with Crippen molar-refractivity contribution in [2.24, 2.45) is 12.8 Å². The smallest absolute Gasteiger partial charge is 0.387 e. The first kappa shape index (κ1) is 12.5. The minimum Gasteiger partial charge on any atom is -0.435 e. The van der Waals surface area contributed by atoms with Gasteiger partial charge in [-0.2, -0.15) is 13.9 Å². The van der Waals surface area contributed by atoms with Crippen molar-refractivity contribution < 1.29 is 13.5 Å². The van der Waals surface area contributed by atoms with Crippen LogP contribution >= 0.6 is 0 Å². The lowest BCUT2D eigenvalue weighted by atomic mass is 10.1. The fourth-order valence-electron chi connectivity index (χ4n) is 1.72. The Hall–Kier alpha value is -1.95. The number of nitrogens with two attached hydrogens (primary N) is 1. The Balaban J connectivity index is 2.28. The van der Waals surface area contributed by atoms with Crippen LogP contribution in [0.4, 0.5) is 8.78 Å². The van der Waals surface area contributed by atoms with Crippen LogP contribution in [-0.4, -0.2) is 16.4 Å². The molecule has 2 rings (SSSR count). The summed E-state index contributed by atoms with van der Waals surface area (Å²) in [5, 5.41) is 4.29. The normalized spacial score (nSPS) is 10.9. The number of halogens is 2. The van der Waals surface area contributed by atoms with Gasteiger partial charge in [-0.3, -0.25) is 4.68 Å². The van der Waals surface area contributed by atoms with E-state index in [0.29, 0.717) is 6.54 Å². The van der Waals surface area contributed by atoms with Crippen LogP contribution in [0.25, 0.3) is 11.3 Å². The summed E-state index contributed by atoms with van der Waals surface area (Å²) in [6.45, 7) is -2.44. The number of alkyl halides is 2. The van der Waals surface area contributed by atoms with Crippen molar-refractivity contribution in [3.63, 3.8) is 0 Å². The van der Waals surface area contributed by atoms with Gasteiger partial charge in [-0.25, -0.2) is 0 Å². The molecule has 96 valence electrons.